The fourth-order valence-corrected chi connectivity index (χ4v) is 2.99. The molecule has 1 aromatic heterocycles. The molecule has 0 bridgehead atoms. The van der Waals surface area contributed by atoms with Gasteiger partial charge in [-0.15, -0.1) is 0 Å². The number of carbonyl (C=O) groups is 6. The molecule has 4 amide bonds. The number of amides is 4. The highest BCUT2D eigenvalue weighted by atomic mass is 16.4. The lowest BCUT2D eigenvalue weighted by molar-refractivity contribution is -0.143. The van der Waals surface area contributed by atoms with Gasteiger partial charge < -0.3 is 42.6 Å². The maximum atomic E-state index is 12.9. The number of nitrogens with two attached hydrogens (primary N) is 2. The second-order valence-electron chi connectivity index (χ2n) is 8.18. The van der Waals surface area contributed by atoms with Crippen molar-refractivity contribution in [3.63, 3.8) is 0 Å². The van der Waals surface area contributed by atoms with Crippen LogP contribution < -0.4 is 27.4 Å². The lowest BCUT2D eigenvalue weighted by Gasteiger charge is -2.26. The number of aromatic amines is 1. The SMILES string of the molecule is CC(C)C(NC(=O)C(N)Cc1cnc[nH]1)C(=O)NC(CC(N)=O)C(=O)NC(CCC(=O)O)C(=O)O. The molecule has 1 aromatic rings. The third-order valence-corrected chi connectivity index (χ3v) is 4.88. The molecule has 0 aliphatic carbocycles. The summed E-state index contributed by atoms with van der Waals surface area (Å²) in [5.41, 5.74) is 11.7. The van der Waals surface area contributed by atoms with Crippen molar-refractivity contribution in [2.24, 2.45) is 17.4 Å². The van der Waals surface area contributed by atoms with Gasteiger partial charge in [0.2, 0.25) is 23.6 Å². The van der Waals surface area contributed by atoms with Crippen LogP contribution in [0.4, 0.5) is 0 Å². The molecule has 10 N–H and O–H groups in total. The molecule has 0 aliphatic heterocycles. The molecule has 35 heavy (non-hydrogen) atoms. The number of carbonyl (C=O) groups excluding carboxylic acids is 4. The molecular weight excluding hydrogens is 466 g/mol. The normalized spacial score (nSPS) is 14.3. The van der Waals surface area contributed by atoms with E-state index < -0.39 is 84.9 Å². The first-order valence-electron chi connectivity index (χ1n) is 10.7. The Bertz CT molecular complexity index is 919. The molecular formula is C20H31N7O8. The van der Waals surface area contributed by atoms with Crippen LogP contribution in [0.2, 0.25) is 0 Å². The predicted octanol–water partition coefficient (Wildman–Crippen LogP) is -2.79. The summed E-state index contributed by atoms with van der Waals surface area (Å²) in [7, 11) is 0. The van der Waals surface area contributed by atoms with Gasteiger partial charge in [0.05, 0.1) is 18.8 Å². The highest BCUT2D eigenvalue weighted by Crippen LogP contribution is 2.06. The third kappa shape index (κ3) is 10.2. The van der Waals surface area contributed by atoms with Crippen molar-refractivity contribution in [1.82, 2.24) is 25.9 Å². The van der Waals surface area contributed by atoms with E-state index in [0.29, 0.717) is 5.69 Å². The standard InChI is InChI=1S/C20H31N7O8/c1-9(2)16(27-17(31)11(21)5-10-7-23-8-24-10)19(33)26-13(6-14(22)28)18(32)25-12(20(34)35)3-4-15(29)30/h7-9,11-13,16H,3-6,21H2,1-2H3,(H2,22,28)(H,23,24)(H,25,32)(H,26,33)(H,27,31)(H,29,30)(H,34,35). The van der Waals surface area contributed by atoms with E-state index in [0.717, 1.165) is 0 Å². The topological polar surface area (TPSA) is 260 Å². The van der Waals surface area contributed by atoms with Crippen LogP contribution in [0.15, 0.2) is 12.5 Å². The van der Waals surface area contributed by atoms with Crippen LogP contribution in [-0.4, -0.2) is 79.9 Å². The van der Waals surface area contributed by atoms with Gasteiger partial charge in [0.15, 0.2) is 0 Å². The van der Waals surface area contributed by atoms with Crippen LogP contribution in [0.25, 0.3) is 0 Å². The maximum Gasteiger partial charge on any atom is 0.326 e. The van der Waals surface area contributed by atoms with Gasteiger partial charge in [0.1, 0.15) is 18.1 Å². The van der Waals surface area contributed by atoms with Crippen molar-refractivity contribution in [3.05, 3.63) is 18.2 Å². The van der Waals surface area contributed by atoms with E-state index in [9.17, 15) is 33.9 Å². The van der Waals surface area contributed by atoms with Crippen molar-refractivity contribution in [2.45, 2.75) is 63.7 Å². The average molecular weight is 498 g/mol. The molecule has 0 saturated heterocycles. The molecule has 4 atom stereocenters. The van der Waals surface area contributed by atoms with E-state index in [1.165, 1.54) is 12.5 Å². The molecule has 0 spiro atoms. The van der Waals surface area contributed by atoms with E-state index >= 15 is 0 Å². The first-order valence-corrected chi connectivity index (χ1v) is 10.7. The van der Waals surface area contributed by atoms with Crippen molar-refractivity contribution in [3.8, 4) is 0 Å². The Morgan fingerprint density at radius 2 is 1.63 bits per heavy atom. The second-order valence-corrected chi connectivity index (χ2v) is 8.18. The number of imidazole rings is 1. The first-order chi connectivity index (χ1) is 16.3. The fourth-order valence-electron chi connectivity index (χ4n) is 2.99. The van der Waals surface area contributed by atoms with Gasteiger partial charge in [0.25, 0.3) is 0 Å². The zero-order valence-corrected chi connectivity index (χ0v) is 19.3. The molecule has 0 aliphatic rings. The van der Waals surface area contributed by atoms with Gasteiger partial charge in [-0.05, 0) is 12.3 Å². The van der Waals surface area contributed by atoms with Gasteiger partial charge in [-0.2, -0.15) is 0 Å². The molecule has 15 heteroatoms. The van der Waals surface area contributed by atoms with E-state index in [1.54, 1.807) is 13.8 Å². The molecule has 0 saturated carbocycles. The lowest BCUT2D eigenvalue weighted by Crippen LogP contribution is -2.59. The van der Waals surface area contributed by atoms with Crippen LogP contribution in [0.3, 0.4) is 0 Å². The zero-order chi connectivity index (χ0) is 26.7. The van der Waals surface area contributed by atoms with E-state index in [-0.39, 0.29) is 6.42 Å². The Hall–Kier alpha value is -4.01. The lowest BCUT2D eigenvalue weighted by atomic mass is 10.0. The number of nitrogens with one attached hydrogen (secondary N) is 4. The zero-order valence-electron chi connectivity index (χ0n) is 19.3. The molecule has 4 unspecified atom stereocenters. The van der Waals surface area contributed by atoms with Crippen molar-refractivity contribution in [2.75, 3.05) is 0 Å². The van der Waals surface area contributed by atoms with Gasteiger partial charge in [-0.1, -0.05) is 13.8 Å². The van der Waals surface area contributed by atoms with Crippen molar-refractivity contribution < 1.29 is 39.0 Å². The second kappa shape index (κ2) is 13.6. The summed E-state index contributed by atoms with van der Waals surface area (Å²) >= 11 is 0. The minimum Gasteiger partial charge on any atom is -0.481 e. The Balaban J connectivity index is 2.91. The monoisotopic (exact) mass is 497 g/mol. The number of primary amides is 1. The van der Waals surface area contributed by atoms with E-state index in [2.05, 4.69) is 25.9 Å². The summed E-state index contributed by atoms with van der Waals surface area (Å²) in [5, 5.41) is 24.9. The van der Waals surface area contributed by atoms with Crippen molar-refractivity contribution >= 4 is 35.6 Å². The van der Waals surface area contributed by atoms with Crippen LogP contribution in [0, 0.1) is 5.92 Å². The van der Waals surface area contributed by atoms with Crippen LogP contribution in [0.1, 0.15) is 38.8 Å². The van der Waals surface area contributed by atoms with Gasteiger partial charge in [-0.3, -0.25) is 24.0 Å². The molecule has 194 valence electrons. The molecule has 15 nitrogen and oxygen atoms in total. The number of carboxylic acid groups (broad SMARTS) is 2. The highest BCUT2D eigenvalue weighted by molar-refractivity contribution is 5.96. The molecule has 1 heterocycles. The Morgan fingerprint density at radius 3 is 2.11 bits per heavy atom. The Kier molecular flexibility index (Phi) is 11.3. The quantitative estimate of drug-likeness (QED) is 0.123. The van der Waals surface area contributed by atoms with E-state index in [1.807, 2.05) is 0 Å². The molecule has 1 rings (SSSR count). The summed E-state index contributed by atoms with van der Waals surface area (Å²) < 4.78 is 0. The fraction of sp³-hybridized carbons (Fsp3) is 0.550. The van der Waals surface area contributed by atoms with Gasteiger partial charge >= 0.3 is 11.9 Å². The number of hydrogen-bond donors (Lipinski definition) is 8. The van der Waals surface area contributed by atoms with E-state index in [4.69, 9.17) is 16.6 Å². The number of nitrogens with zero attached hydrogens (tertiary/aromatic N) is 1. The van der Waals surface area contributed by atoms with Crippen LogP contribution >= 0.6 is 0 Å². The van der Waals surface area contributed by atoms with Gasteiger partial charge in [0, 0.05) is 24.7 Å². The maximum absolute atomic E-state index is 12.9. The first kappa shape index (κ1) is 29.0. The number of aromatic nitrogens is 2. The van der Waals surface area contributed by atoms with Gasteiger partial charge in [-0.25, -0.2) is 9.78 Å². The number of H-pyrrole nitrogens is 1. The molecule has 0 aromatic carbocycles. The van der Waals surface area contributed by atoms with Crippen LogP contribution in [0.5, 0.6) is 0 Å². The summed E-state index contributed by atoms with van der Waals surface area (Å²) in [4.78, 5) is 78.2. The minimum absolute atomic E-state index is 0.123. The Morgan fingerprint density at radius 1 is 1.00 bits per heavy atom. The largest absolute Gasteiger partial charge is 0.481 e. The average Bonchev–Trinajstić information content (AvgIpc) is 3.25. The summed E-state index contributed by atoms with van der Waals surface area (Å²) in [6.07, 6.45) is 1.41. The number of aliphatic carboxylic acids is 2. The summed E-state index contributed by atoms with van der Waals surface area (Å²) in [6, 6.07) is -5.31. The smallest absolute Gasteiger partial charge is 0.326 e. The number of carboxylic acids is 2. The highest BCUT2D eigenvalue weighted by Gasteiger charge is 2.32. The predicted molar refractivity (Wildman–Crippen MR) is 119 cm³/mol. The summed E-state index contributed by atoms with van der Waals surface area (Å²) in [5.74, 6) is -6.73. The van der Waals surface area contributed by atoms with Crippen molar-refractivity contribution in [1.29, 1.82) is 0 Å². The number of rotatable bonds is 15. The number of hydrogen-bond acceptors (Lipinski definition) is 8. The third-order valence-electron chi connectivity index (χ3n) is 4.88. The molecule has 0 radical (unpaired) electrons. The summed E-state index contributed by atoms with van der Waals surface area (Å²) in [6.45, 7) is 3.25. The minimum atomic E-state index is -1.58. The van der Waals surface area contributed by atoms with Crippen LogP contribution in [-0.2, 0) is 35.2 Å². The molecule has 0 fully saturated rings. The Labute approximate surface area is 200 Å².